The molecule has 0 aromatic carbocycles. The third-order valence-corrected chi connectivity index (χ3v) is 3.62. The fourth-order valence-electron chi connectivity index (χ4n) is 2.41. The van der Waals surface area contributed by atoms with Crippen LogP contribution in [0.4, 0.5) is 0 Å². The van der Waals surface area contributed by atoms with Crippen LogP contribution in [0.25, 0.3) is 0 Å². The molecule has 0 aliphatic heterocycles. The Kier molecular flexibility index (Phi) is 5.76. The number of aryl methyl sites for hydroxylation is 1. The maximum Gasteiger partial charge on any atom is 0.128 e. The summed E-state index contributed by atoms with van der Waals surface area (Å²) in [6.07, 6.45) is 3.02. The van der Waals surface area contributed by atoms with Crippen LogP contribution in [0.2, 0.25) is 0 Å². The van der Waals surface area contributed by atoms with E-state index in [1.165, 1.54) is 0 Å². The summed E-state index contributed by atoms with van der Waals surface area (Å²) < 4.78 is 5.42. The normalized spacial score (nSPS) is 14.9. The van der Waals surface area contributed by atoms with Gasteiger partial charge in [0.15, 0.2) is 0 Å². The van der Waals surface area contributed by atoms with Gasteiger partial charge < -0.3 is 15.2 Å². The van der Waals surface area contributed by atoms with Crippen LogP contribution >= 0.6 is 0 Å². The summed E-state index contributed by atoms with van der Waals surface area (Å²) in [5, 5.41) is 14.0. The number of rotatable bonds is 6. The molecule has 4 heteroatoms. The molecule has 0 aliphatic rings. The van der Waals surface area contributed by atoms with Crippen molar-refractivity contribution in [1.29, 1.82) is 0 Å². The molecular weight excluding hydrogens is 264 g/mol. The summed E-state index contributed by atoms with van der Waals surface area (Å²) in [6, 6.07) is 0. The van der Waals surface area contributed by atoms with E-state index >= 15 is 0 Å². The van der Waals surface area contributed by atoms with E-state index in [1.807, 2.05) is 27.0 Å². The van der Waals surface area contributed by atoms with Crippen molar-refractivity contribution in [3.63, 3.8) is 0 Å². The maximum atomic E-state index is 10.6. The van der Waals surface area contributed by atoms with Crippen molar-refractivity contribution in [2.75, 3.05) is 13.7 Å². The standard InChI is InChI=1S/C17H30N2O2/c1-12-11-18-14(13(2)15(12)21-7)10-17(6,20)8-9-19-16(3,4)5/h11,19-20H,8-10H2,1-7H3. The summed E-state index contributed by atoms with van der Waals surface area (Å²) >= 11 is 0. The Bertz CT molecular complexity index is 476. The van der Waals surface area contributed by atoms with Crippen LogP contribution in [0.3, 0.4) is 0 Å². The van der Waals surface area contributed by atoms with Crippen molar-refractivity contribution in [1.82, 2.24) is 10.3 Å². The van der Waals surface area contributed by atoms with Crippen LogP contribution in [0, 0.1) is 13.8 Å². The molecule has 2 N–H and O–H groups in total. The molecule has 0 saturated carbocycles. The quantitative estimate of drug-likeness (QED) is 0.847. The summed E-state index contributed by atoms with van der Waals surface area (Å²) in [7, 11) is 1.67. The zero-order valence-corrected chi connectivity index (χ0v) is 14.5. The highest BCUT2D eigenvalue weighted by atomic mass is 16.5. The van der Waals surface area contributed by atoms with Crippen molar-refractivity contribution >= 4 is 0 Å². The molecule has 4 nitrogen and oxygen atoms in total. The Balaban J connectivity index is 2.75. The first-order chi connectivity index (χ1) is 9.56. The lowest BCUT2D eigenvalue weighted by atomic mass is 9.93. The van der Waals surface area contributed by atoms with Crippen LogP contribution in [0.15, 0.2) is 6.20 Å². The number of nitrogens with one attached hydrogen (secondary N) is 1. The minimum Gasteiger partial charge on any atom is -0.496 e. The Morgan fingerprint density at radius 1 is 1.24 bits per heavy atom. The Morgan fingerprint density at radius 2 is 1.86 bits per heavy atom. The van der Waals surface area contributed by atoms with E-state index < -0.39 is 5.60 Å². The number of pyridine rings is 1. The molecule has 1 rings (SSSR count). The molecule has 0 fully saturated rings. The van der Waals surface area contributed by atoms with Crippen molar-refractivity contribution in [2.45, 2.75) is 65.5 Å². The van der Waals surface area contributed by atoms with Gasteiger partial charge in [0.25, 0.3) is 0 Å². The van der Waals surface area contributed by atoms with Gasteiger partial charge in [-0.05, 0) is 54.5 Å². The van der Waals surface area contributed by atoms with E-state index in [-0.39, 0.29) is 5.54 Å². The second kappa shape index (κ2) is 6.75. The van der Waals surface area contributed by atoms with E-state index in [9.17, 15) is 5.11 Å². The third kappa shape index (κ3) is 5.64. The monoisotopic (exact) mass is 294 g/mol. The van der Waals surface area contributed by atoms with Gasteiger partial charge in [0, 0.05) is 35.0 Å². The average Bonchev–Trinajstić information content (AvgIpc) is 2.31. The molecule has 1 aromatic rings. The number of hydrogen-bond donors (Lipinski definition) is 2. The molecule has 0 aliphatic carbocycles. The molecule has 0 radical (unpaired) electrons. The minimum atomic E-state index is -0.781. The topological polar surface area (TPSA) is 54.4 Å². The third-order valence-electron chi connectivity index (χ3n) is 3.62. The number of methoxy groups -OCH3 is 1. The van der Waals surface area contributed by atoms with Gasteiger partial charge in [0.2, 0.25) is 0 Å². The lowest BCUT2D eigenvalue weighted by molar-refractivity contribution is 0.0488. The smallest absolute Gasteiger partial charge is 0.128 e. The van der Waals surface area contributed by atoms with Crippen molar-refractivity contribution in [3.05, 3.63) is 23.0 Å². The molecule has 0 bridgehead atoms. The number of nitrogens with zero attached hydrogens (tertiary/aromatic N) is 1. The zero-order valence-electron chi connectivity index (χ0n) is 14.5. The molecule has 1 aromatic heterocycles. The van der Waals surface area contributed by atoms with Gasteiger partial charge in [0.05, 0.1) is 12.7 Å². The first kappa shape index (κ1) is 17.9. The number of aliphatic hydroxyl groups is 1. The summed E-state index contributed by atoms with van der Waals surface area (Å²) in [4.78, 5) is 4.47. The number of ether oxygens (including phenoxy) is 1. The van der Waals surface area contributed by atoms with E-state index in [0.29, 0.717) is 12.8 Å². The van der Waals surface area contributed by atoms with E-state index in [4.69, 9.17) is 4.74 Å². The van der Waals surface area contributed by atoms with Gasteiger partial charge >= 0.3 is 0 Å². The van der Waals surface area contributed by atoms with Gasteiger partial charge in [-0.3, -0.25) is 4.98 Å². The van der Waals surface area contributed by atoms with Crippen LogP contribution < -0.4 is 10.1 Å². The Hall–Kier alpha value is -1.13. The predicted octanol–water partition coefficient (Wildman–Crippen LogP) is 2.78. The Morgan fingerprint density at radius 3 is 2.38 bits per heavy atom. The maximum absolute atomic E-state index is 10.6. The van der Waals surface area contributed by atoms with Gasteiger partial charge in [-0.25, -0.2) is 0 Å². The molecule has 1 atom stereocenters. The van der Waals surface area contributed by atoms with Gasteiger partial charge in [-0.2, -0.15) is 0 Å². The van der Waals surface area contributed by atoms with E-state index in [0.717, 1.165) is 29.1 Å². The SMILES string of the molecule is COc1c(C)cnc(CC(C)(O)CCNC(C)(C)C)c1C. The fraction of sp³-hybridized carbons (Fsp3) is 0.706. The molecule has 21 heavy (non-hydrogen) atoms. The van der Waals surface area contributed by atoms with Crippen LogP contribution in [-0.4, -0.2) is 34.9 Å². The van der Waals surface area contributed by atoms with Gasteiger partial charge in [0.1, 0.15) is 5.75 Å². The largest absolute Gasteiger partial charge is 0.496 e. The van der Waals surface area contributed by atoms with Crippen molar-refractivity contribution < 1.29 is 9.84 Å². The first-order valence-corrected chi connectivity index (χ1v) is 7.52. The summed E-state index contributed by atoms with van der Waals surface area (Å²) in [6.45, 7) is 13.0. The lowest BCUT2D eigenvalue weighted by Crippen LogP contribution is -2.40. The summed E-state index contributed by atoms with van der Waals surface area (Å²) in [5.74, 6) is 0.864. The molecule has 1 heterocycles. The van der Waals surface area contributed by atoms with Gasteiger partial charge in [-0.15, -0.1) is 0 Å². The average molecular weight is 294 g/mol. The highest BCUT2D eigenvalue weighted by molar-refractivity contribution is 5.41. The molecule has 1 unspecified atom stereocenters. The predicted molar refractivity (Wildman–Crippen MR) is 87.0 cm³/mol. The number of hydrogen-bond acceptors (Lipinski definition) is 4. The van der Waals surface area contributed by atoms with E-state index in [1.54, 1.807) is 7.11 Å². The molecule has 0 saturated heterocycles. The minimum absolute atomic E-state index is 0.0668. The second-order valence-corrected chi connectivity index (χ2v) is 7.15. The molecule has 0 amide bonds. The molecule has 0 spiro atoms. The highest BCUT2D eigenvalue weighted by Gasteiger charge is 2.24. The number of aromatic nitrogens is 1. The zero-order chi connectivity index (χ0) is 16.3. The van der Waals surface area contributed by atoms with Crippen LogP contribution in [-0.2, 0) is 6.42 Å². The van der Waals surface area contributed by atoms with Crippen molar-refractivity contribution in [3.8, 4) is 5.75 Å². The highest BCUT2D eigenvalue weighted by Crippen LogP contribution is 2.27. The van der Waals surface area contributed by atoms with Crippen LogP contribution in [0.1, 0.15) is 50.9 Å². The fourth-order valence-corrected chi connectivity index (χ4v) is 2.41. The molecule has 120 valence electrons. The first-order valence-electron chi connectivity index (χ1n) is 7.52. The summed E-state index contributed by atoms with van der Waals surface area (Å²) in [5.41, 5.74) is 2.22. The van der Waals surface area contributed by atoms with E-state index in [2.05, 4.69) is 31.1 Å². The molecular formula is C17H30N2O2. The Labute approximate surface area is 128 Å². The van der Waals surface area contributed by atoms with Crippen LogP contribution in [0.5, 0.6) is 5.75 Å². The van der Waals surface area contributed by atoms with Crippen molar-refractivity contribution in [2.24, 2.45) is 0 Å². The lowest BCUT2D eigenvalue weighted by Gasteiger charge is -2.27. The second-order valence-electron chi connectivity index (χ2n) is 7.15. The van der Waals surface area contributed by atoms with Gasteiger partial charge in [-0.1, -0.05) is 0 Å².